The van der Waals surface area contributed by atoms with Crippen LogP contribution >= 0.6 is 23.4 Å². The van der Waals surface area contributed by atoms with Gasteiger partial charge in [-0.3, -0.25) is 9.36 Å². The maximum Gasteiger partial charge on any atom is 0.319 e. The summed E-state index contributed by atoms with van der Waals surface area (Å²) in [5.74, 6) is 1.21. The van der Waals surface area contributed by atoms with Crippen LogP contribution in [0.5, 0.6) is 5.75 Å². The summed E-state index contributed by atoms with van der Waals surface area (Å²) in [5.41, 5.74) is 1.11. The van der Waals surface area contributed by atoms with E-state index in [0.717, 1.165) is 5.56 Å². The number of hydrogen-bond acceptors (Lipinski definition) is 6. The zero-order valence-corrected chi connectivity index (χ0v) is 19.4. The molecule has 31 heavy (non-hydrogen) atoms. The monoisotopic (exact) mass is 459 g/mol. The maximum absolute atomic E-state index is 12.5. The van der Waals surface area contributed by atoms with Gasteiger partial charge < -0.3 is 9.47 Å². The molecule has 6 nitrogen and oxygen atoms in total. The molecule has 0 N–H and O–H groups in total. The van der Waals surface area contributed by atoms with E-state index in [9.17, 15) is 4.79 Å². The number of carbonyl (C=O) groups is 1. The van der Waals surface area contributed by atoms with Gasteiger partial charge in [0.15, 0.2) is 11.0 Å². The average molecular weight is 460 g/mol. The van der Waals surface area contributed by atoms with E-state index in [1.54, 1.807) is 12.1 Å². The number of aromatic nitrogens is 3. The minimum atomic E-state index is -0.372. The van der Waals surface area contributed by atoms with E-state index in [0.29, 0.717) is 34.9 Å². The van der Waals surface area contributed by atoms with Crippen molar-refractivity contribution in [2.24, 2.45) is 5.92 Å². The maximum atomic E-state index is 12.5. The molecule has 0 saturated carbocycles. The Bertz CT molecular complexity index is 977. The van der Waals surface area contributed by atoms with Crippen molar-refractivity contribution in [2.45, 2.75) is 44.3 Å². The van der Waals surface area contributed by atoms with E-state index >= 15 is 0 Å². The first-order valence-corrected chi connectivity index (χ1v) is 11.4. The van der Waals surface area contributed by atoms with Crippen LogP contribution in [0.15, 0.2) is 59.8 Å². The van der Waals surface area contributed by atoms with Crippen LogP contribution in [0.4, 0.5) is 0 Å². The minimum Gasteiger partial charge on any atom is -0.486 e. The van der Waals surface area contributed by atoms with Gasteiger partial charge in [-0.1, -0.05) is 67.5 Å². The van der Waals surface area contributed by atoms with Crippen LogP contribution in [0.1, 0.15) is 32.2 Å². The molecule has 2 aromatic carbocycles. The molecule has 0 spiro atoms. The fraction of sp³-hybridized carbons (Fsp3) is 0.348. The first-order chi connectivity index (χ1) is 15.0. The molecule has 0 fully saturated rings. The molecule has 1 aromatic heterocycles. The Balaban J connectivity index is 1.85. The highest BCUT2D eigenvalue weighted by atomic mass is 35.5. The smallest absolute Gasteiger partial charge is 0.319 e. The van der Waals surface area contributed by atoms with Gasteiger partial charge in [-0.05, 0) is 42.7 Å². The van der Waals surface area contributed by atoms with Crippen LogP contribution in [0.25, 0.3) is 0 Å². The van der Waals surface area contributed by atoms with Crippen molar-refractivity contribution in [1.82, 2.24) is 14.8 Å². The van der Waals surface area contributed by atoms with Gasteiger partial charge in [0, 0.05) is 5.02 Å². The lowest BCUT2D eigenvalue weighted by Crippen LogP contribution is -2.26. The van der Waals surface area contributed by atoms with Crippen molar-refractivity contribution in [3.05, 3.63) is 71.0 Å². The molecule has 0 radical (unpaired) electrons. The first kappa shape index (κ1) is 23.2. The molecular weight excluding hydrogens is 434 g/mol. The fourth-order valence-corrected chi connectivity index (χ4v) is 4.09. The van der Waals surface area contributed by atoms with E-state index < -0.39 is 0 Å². The number of benzene rings is 2. The van der Waals surface area contributed by atoms with Gasteiger partial charge in [-0.15, -0.1) is 10.2 Å². The summed E-state index contributed by atoms with van der Waals surface area (Å²) in [6.07, 6.45) is 0. The highest BCUT2D eigenvalue weighted by Crippen LogP contribution is 2.29. The Morgan fingerprint density at radius 2 is 1.81 bits per heavy atom. The zero-order chi connectivity index (χ0) is 22.2. The SMILES string of the molecule is CCOC(=O)[C@@H](Sc1nnc(COc2ccc(Cl)cc2)n1Cc1ccccc1)C(C)C. The predicted octanol–water partition coefficient (Wildman–Crippen LogP) is 5.24. The Labute approximate surface area is 191 Å². The summed E-state index contributed by atoms with van der Waals surface area (Å²) in [6.45, 7) is 6.97. The second-order valence-corrected chi connectivity index (χ2v) is 8.79. The molecule has 1 atom stereocenters. The van der Waals surface area contributed by atoms with Gasteiger partial charge in [-0.25, -0.2) is 0 Å². The fourth-order valence-electron chi connectivity index (χ4n) is 2.91. The summed E-state index contributed by atoms with van der Waals surface area (Å²) >= 11 is 7.32. The molecule has 0 aliphatic carbocycles. The molecule has 3 aromatic rings. The Kier molecular flexibility index (Phi) is 8.37. The molecule has 0 bridgehead atoms. The third-order valence-electron chi connectivity index (χ3n) is 4.52. The van der Waals surface area contributed by atoms with Crippen molar-refractivity contribution in [2.75, 3.05) is 6.61 Å². The second-order valence-electron chi connectivity index (χ2n) is 7.25. The van der Waals surface area contributed by atoms with Gasteiger partial charge >= 0.3 is 5.97 Å². The zero-order valence-electron chi connectivity index (χ0n) is 17.8. The number of carbonyl (C=O) groups excluding carboxylic acids is 1. The molecule has 8 heteroatoms. The molecule has 0 aliphatic heterocycles. The molecule has 0 amide bonds. The summed E-state index contributed by atoms with van der Waals surface area (Å²) < 4.78 is 13.1. The summed E-state index contributed by atoms with van der Waals surface area (Å²) in [6, 6.07) is 17.2. The molecule has 0 unspecified atom stereocenters. The van der Waals surface area contributed by atoms with Gasteiger partial charge in [0.05, 0.1) is 13.2 Å². The van der Waals surface area contributed by atoms with Crippen molar-refractivity contribution in [3.63, 3.8) is 0 Å². The number of thioether (sulfide) groups is 1. The second kappa shape index (κ2) is 11.2. The average Bonchev–Trinajstić information content (AvgIpc) is 3.13. The van der Waals surface area contributed by atoms with Crippen molar-refractivity contribution in [3.8, 4) is 5.75 Å². The predicted molar refractivity (Wildman–Crippen MR) is 122 cm³/mol. The molecule has 3 rings (SSSR count). The molecule has 0 aliphatic rings. The van der Waals surface area contributed by atoms with Crippen LogP contribution in [0, 0.1) is 5.92 Å². The number of nitrogens with zero attached hydrogens (tertiary/aromatic N) is 3. The molecular formula is C23H26ClN3O3S. The molecule has 164 valence electrons. The summed E-state index contributed by atoms with van der Waals surface area (Å²) in [5, 5.41) is 9.66. The summed E-state index contributed by atoms with van der Waals surface area (Å²) in [7, 11) is 0. The highest BCUT2D eigenvalue weighted by Gasteiger charge is 2.28. The van der Waals surface area contributed by atoms with E-state index in [4.69, 9.17) is 21.1 Å². The molecule has 0 saturated heterocycles. The standard InChI is InChI=1S/C23H26ClN3O3S/c1-4-29-22(28)21(16(2)3)31-23-26-25-20(15-30-19-12-10-18(24)11-13-19)27(23)14-17-8-6-5-7-9-17/h5-13,16,21H,4,14-15H2,1-3H3/t21-/m0/s1. The van der Waals surface area contributed by atoms with Crippen molar-refractivity contribution >= 4 is 29.3 Å². The van der Waals surface area contributed by atoms with E-state index in [1.807, 2.05) is 67.8 Å². The largest absolute Gasteiger partial charge is 0.486 e. The topological polar surface area (TPSA) is 66.2 Å². The Morgan fingerprint density at radius 1 is 1.10 bits per heavy atom. The number of esters is 1. The number of rotatable bonds is 10. The van der Waals surface area contributed by atoms with Gasteiger partial charge in [0.1, 0.15) is 17.6 Å². The van der Waals surface area contributed by atoms with Crippen LogP contribution in [0.3, 0.4) is 0 Å². The quantitative estimate of drug-likeness (QED) is 0.305. The lowest BCUT2D eigenvalue weighted by Gasteiger charge is -2.19. The van der Waals surface area contributed by atoms with Crippen molar-refractivity contribution in [1.29, 1.82) is 0 Å². The Morgan fingerprint density at radius 3 is 2.45 bits per heavy atom. The van der Waals surface area contributed by atoms with Gasteiger partial charge in [-0.2, -0.15) is 0 Å². The third-order valence-corrected chi connectivity index (χ3v) is 6.27. The van der Waals surface area contributed by atoms with Gasteiger partial charge in [0.2, 0.25) is 0 Å². The lowest BCUT2D eigenvalue weighted by atomic mass is 10.1. The number of hydrogen-bond donors (Lipinski definition) is 0. The third kappa shape index (κ3) is 6.48. The van der Waals surface area contributed by atoms with Crippen LogP contribution in [-0.4, -0.2) is 32.6 Å². The van der Waals surface area contributed by atoms with Gasteiger partial charge in [0.25, 0.3) is 0 Å². The normalized spacial score (nSPS) is 12.0. The number of halogens is 1. The lowest BCUT2D eigenvalue weighted by molar-refractivity contribution is -0.143. The highest BCUT2D eigenvalue weighted by molar-refractivity contribution is 8.00. The van der Waals surface area contributed by atoms with Crippen LogP contribution in [0.2, 0.25) is 5.02 Å². The van der Waals surface area contributed by atoms with Crippen molar-refractivity contribution < 1.29 is 14.3 Å². The molecule has 1 heterocycles. The van der Waals surface area contributed by atoms with E-state index in [1.165, 1.54) is 11.8 Å². The Hall–Kier alpha value is -2.51. The minimum absolute atomic E-state index is 0.0830. The van der Waals surface area contributed by atoms with E-state index in [-0.39, 0.29) is 23.7 Å². The number of ether oxygens (including phenoxy) is 2. The summed E-state index contributed by atoms with van der Waals surface area (Å²) in [4.78, 5) is 12.5. The first-order valence-electron chi connectivity index (χ1n) is 10.2. The van der Waals surface area contributed by atoms with E-state index in [2.05, 4.69) is 10.2 Å². The van der Waals surface area contributed by atoms with Crippen LogP contribution in [-0.2, 0) is 22.7 Å². The van der Waals surface area contributed by atoms with Crippen LogP contribution < -0.4 is 4.74 Å².